The number of thiazole rings is 1. The van der Waals surface area contributed by atoms with Gasteiger partial charge in [-0.15, -0.1) is 22.7 Å². The number of fused-ring (bicyclic) bond motifs is 1. The van der Waals surface area contributed by atoms with E-state index in [-0.39, 0.29) is 28.4 Å². The van der Waals surface area contributed by atoms with Gasteiger partial charge in [-0.1, -0.05) is 12.1 Å². The van der Waals surface area contributed by atoms with Gasteiger partial charge in [0.05, 0.1) is 0 Å². The van der Waals surface area contributed by atoms with Crippen LogP contribution >= 0.6 is 22.7 Å². The number of nitrogens with zero attached hydrogens (tertiary/aromatic N) is 1. The van der Waals surface area contributed by atoms with Gasteiger partial charge in [-0.3, -0.25) is 9.52 Å². The highest BCUT2D eigenvalue weighted by Gasteiger charge is 2.19. The first-order valence-electron chi connectivity index (χ1n) is 7.70. The molecule has 1 amide bonds. The molecule has 1 aromatic carbocycles. The lowest BCUT2D eigenvalue weighted by Crippen LogP contribution is -2.23. The molecule has 0 fully saturated rings. The number of sulfonamides is 1. The Morgan fingerprint density at radius 2 is 2.04 bits per heavy atom. The SMILES string of the molecule is O=C(NCc1ccc2c(c1)OCO2)c1csc(NS(=O)(=O)c2cccs2)n1. The average molecular weight is 423 g/mol. The number of hydrogen-bond acceptors (Lipinski definition) is 8. The third-order valence-electron chi connectivity index (χ3n) is 3.61. The van der Waals surface area contributed by atoms with E-state index in [1.165, 1.54) is 11.4 Å². The fourth-order valence-corrected chi connectivity index (χ4v) is 5.27. The fourth-order valence-electron chi connectivity index (χ4n) is 2.33. The van der Waals surface area contributed by atoms with Crippen LogP contribution in [-0.2, 0) is 16.6 Å². The molecule has 11 heteroatoms. The van der Waals surface area contributed by atoms with E-state index < -0.39 is 15.9 Å². The predicted octanol–water partition coefficient (Wildman–Crippen LogP) is 2.66. The predicted molar refractivity (Wildman–Crippen MR) is 101 cm³/mol. The summed E-state index contributed by atoms with van der Waals surface area (Å²) in [6, 6.07) is 8.56. The molecule has 0 bridgehead atoms. The van der Waals surface area contributed by atoms with Gasteiger partial charge in [0.1, 0.15) is 9.90 Å². The number of rotatable bonds is 6. The summed E-state index contributed by atoms with van der Waals surface area (Å²) in [7, 11) is -3.68. The van der Waals surface area contributed by atoms with Crippen LogP contribution in [0, 0.1) is 0 Å². The van der Waals surface area contributed by atoms with Crippen molar-refractivity contribution in [3.05, 3.63) is 52.3 Å². The Hall–Kier alpha value is -2.63. The van der Waals surface area contributed by atoms with Gasteiger partial charge in [0.15, 0.2) is 16.6 Å². The molecule has 0 unspecified atom stereocenters. The first kappa shape index (κ1) is 17.8. The second-order valence-corrected chi connectivity index (χ2v) is 9.16. The summed E-state index contributed by atoms with van der Waals surface area (Å²) in [6.07, 6.45) is 0. The summed E-state index contributed by atoms with van der Waals surface area (Å²) < 4.78 is 37.5. The molecule has 0 radical (unpaired) electrons. The Balaban J connectivity index is 1.39. The van der Waals surface area contributed by atoms with Crippen molar-refractivity contribution in [1.29, 1.82) is 0 Å². The standard InChI is InChI=1S/C16H13N3O5S3/c20-15(17-7-10-3-4-12-13(6-10)24-9-23-12)11-8-26-16(18-11)19-27(21,22)14-2-1-5-25-14/h1-6,8H,7,9H2,(H,17,20)(H,18,19). The van der Waals surface area contributed by atoms with Crippen LogP contribution in [0.1, 0.15) is 16.1 Å². The van der Waals surface area contributed by atoms with E-state index in [0.717, 1.165) is 28.2 Å². The molecule has 0 spiro atoms. The number of hydrogen-bond donors (Lipinski definition) is 2. The maximum Gasteiger partial charge on any atom is 0.273 e. The Morgan fingerprint density at radius 3 is 2.85 bits per heavy atom. The topological polar surface area (TPSA) is 107 Å². The van der Waals surface area contributed by atoms with Gasteiger partial charge in [-0.05, 0) is 29.1 Å². The summed E-state index contributed by atoms with van der Waals surface area (Å²) in [5.74, 6) is 0.915. The molecule has 140 valence electrons. The van der Waals surface area contributed by atoms with Crippen LogP contribution in [0.25, 0.3) is 0 Å². The monoisotopic (exact) mass is 423 g/mol. The molecule has 0 saturated heterocycles. The molecule has 1 aliphatic heterocycles. The zero-order chi connectivity index (χ0) is 18.9. The fraction of sp³-hybridized carbons (Fsp3) is 0.125. The molecule has 0 saturated carbocycles. The van der Waals surface area contributed by atoms with E-state index in [2.05, 4.69) is 15.0 Å². The number of nitrogens with one attached hydrogen (secondary N) is 2. The number of carbonyl (C=O) groups excluding carboxylic acids is 1. The summed E-state index contributed by atoms with van der Waals surface area (Å²) in [4.78, 5) is 16.3. The first-order chi connectivity index (χ1) is 13.0. The normalized spacial score (nSPS) is 12.7. The number of anilines is 1. The van der Waals surface area contributed by atoms with Crippen LogP contribution in [0.15, 0.2) is 45.3 Å². The minimum absolute atomic E-state index is 0.136. The minimum atomic E-state index is -3.68. The Kier molecular flexibility index (Phi) is 4.72. The molecule has 0 aliphatic carbocycles. The molecule has 0 atom stereocenters. The van der Waals surface area contributed by atoms with Gasteiger partial charge in [0.2, 0.25) is 6.79 Å². The number of aromatic nitrogens is 1. The molecular weight excluding hydrogens is 410 g/mol. The smallest absolute Gasteiger partial charge is 0.273 e. The van der Waals surface area contributed by atoms with Gasteiger partial charge in [0, 0.05) is 11.9 Å². The van der Waals surface area contributed by atoms with Crippen LogP contribution in [0.2, 0.25) is 0 Å². The zero-order valence-electron chi connectivity index (χ0n) is 13.7. The van der Waals surface area contributed by atoms with Crippen molar-refractivity contribution >= 4 is 43.7 Å². The van der Waals surface area contributed by atoms with E-state index in [4.69, 9.17) is 9.47 Å². The van der Waals surface area contributed by atoms with Crippen molar-refractivity contribution in [3.8, 4) is 11.5 Å². The second-order valence-electron chi connectivity index (χ2n) is 5.45. The van der Waals surface area contributed by atoms with Crippen molar-refractivity contribution in [1.82, 2.24) is 10.3 Å². The van der Waals surface area contributed by atoms with Crippen LogP contribution in [0.3, 0.4) is 0 Å². The molecule has 3 heterocycles. The van der Waals surface area contributed by atoms with E-state index in [1.807, 2.05) is 6.07 Å². The number of ether oxygens (including phenoxy) is 2. The Bertz CT molecular complexity index is 1080. The lowest BCUT2D eigenvalue weighted by Gasteiger charge is -2.05. The molecule has 27 heavy (non-hydrogen) atoms. The van der Waals surface area contributed by atoms with E-state index in [1.54, 1.807) is 23.6 Å². The van der Waals surface area contributed by atoms with Gasteiger partial charge in [0.25, 0.3) is 15.9 Å². The maximum absolute atomic E-state index is 12.3. The van der Waals surface area contributed by atoms with Crippen LogP contribution in [0.5, 0.6) is 11.5 Å². The van der Waals surface area contributed by atoms with Gasteiger partial charge in [-0.25, -0.2) is 13.4 Å². The molecule has 2 N–H and O–H groups in total. The summed E-state index contributed by atoms with van der Waals surface area (Å²) >= 11 is 2.15. The highest BCUT2D eigenvalue weighted by Crippen LogP contribution is 2.32. The third-order valence-corrected chi connectivity index (χ3v) is 7.23. The first-order valence-corrected chi connectivity index (χ1v) is 10.9. The van der Waals surface area contributed by atoms with Crippen molar-refractivity contribution < 1.29 is 22.7 Å². The molecule has 1 aliphatic rings. The quantitative estimate of drug-likeness (QED) is 0.631. The maximum atomic E-state index is 12.3. The Morgan fingerprint density at radius 1 is 1.19 bits per heavy atom. The number of amides is 1. The third kappa shape index (κ3) is 3.89. The highest BCUT2D eigenvalue weighted by atomic mass is 32.2. The number of thiophene rings is 1. The lowest BCUT2D eigenvalue weighted by atomic mass is 10.2. The molecule has 4 rings (SSSR count). The van der Waals surface area contributed by atoms with E-state index >= 15 is 0 Å². The molecular formula is C16H13N3O5S3. The average Bonchev–Trinajstić information content (AvgIpc) is 3.39. The largest absolute Gasteiger partial charge is 0.454 e. The zero-order valence-corrected chi connectivity index (χ0v) is 16.1. The van der Waals surface area contributed by atoms with Crippen molar-refractivity contribution in [2.24, 2.45) is 0 Å². The molecule has 3 aromatic rings. The van der Waals surface area contributed by atoms with Crippen molar-refractivity contribution in [2.45, 2.75) is 10.8 Å². The van der Waals surface area contributed by atoms with Crippen LogP contribution in [0.4, 0.5) is 5.13 Å². The van der Waals surface area contributed by atoms with Crippen molar-refractivity contribution in [2.75, 3.05) is 11.5 Å². The summed E-state index contributed by atoms with van der Waals surface area (Å²) in [5, 5.41) is 6.05. The summed E-state index contributed by atoms with van der Waals surface area (Å²) in [6.45, 7) is 0.470. The van der Waals surface area contributed by atoms with Crippen LogP contribution in [-0.4, -0.2) is 26.1 Å². The van der Waals surface area contributed by atoms with Gasteiger partial charge < -0.3 is 14.8 Å². The van der Waals surface area contributed by atoms with E-state index in [0.29, 0.717) is 11.5 Å². The Labute approximate surface area is 162 Å². The minimum Gasteiger partial charge on any atom is -0.454 e. The van der Waals surface area contributed by atoms with Gasteiger partial charge >= 0.3 is 0 Å². The van der Waals surface area contributed by atoms with E-state index in [9.17, 15) is 13.2 Å². The molecule has 8 nitrogen and oxygen atoms in total. The summed E-state index contributed by atoms with van der Waals surface area (Å²) in [5.41, 5.74) is 0.992. The second kappa shape index (κ2) is 7.18. The van der Waals surface area contributed by atoms with Crippen molar-refractivity contribution in [3.63, 3.8) is 0 Å². The lowest BCUT2D eigenvalue weighted by molar-refractivity contribution is 0.0946. The number of benzene rings is 1. The highest BCUT2D eigenvalue weighted by molar-refractivity contribution is 7.94. The molecule has 2 aromatic heterocycles. The number of carbonyl (C=O) groups is 1. The van der Waals surface area contributed by atoms with Crippen LogP contribution < -0.4 is 19.5 Å². The van der Waals surface area contributed by atoms with Gasteiger partial charge in [-0.2, -0.15) is 0 Å².